The van der Waals surface area contributed by atoms with Gasteiger partial charge in [-0.15, -0.1) is 11.3 Å². The van der Waals surface area contributed by atoms with E-state index in [-0.39, 0.29) is 5.91 Å². The van der Waals surface area contributed by atoms with E-state index in [9.17, 15) is 4.79 Å². The maximum absolute atomic E-state index is 11.9. The molecule has 0 spiro atoms. The number of aromatic nitrogens is 1. The molecule has 0 aliphatic heterocycles. The van der Waals surface area contributed by atoms with Gasteiger partial charge in [0.1, 0.15) is 10.7 Å². The lowest BCUT2D eigenvalue weighted by Gasteiger charge is -2.00. The predicted molar refractivity (Wildman–Crippen MR) is 72.6 cm³/mol. The number of amides is 1. The van der Waals surface area contributed by atoms with Crippen LogP contribution in [0.4, 0.5) is 0 Å². The molecule has 2 aromatic rings. The van der Waals surface area contributed by atoms with Gasteiger partial charge in [0.15, 0.2) is 0 Å². The zero-order valence-electron chi connectivity index (χ0n) is 9.93. The molecule has 1 saturated carbocycles. The van der Waals surface area contributed by atoms with E-state index in [1.54, 1.807) is 0 Å². The Morgan fingerprint density at radius 3 is 2.83 bits per heavy atom. The molecule has 1 heterocycles. The number of hydrogen-bond donors (Lipinski definition) is 1. The highest BCUT2D eigenvalue weighted by atomic mass is 32.1. The maximum Gasteiger partial charge on any atom is 0.270 e. The molecule has 1 fully saturated rings. The van der Waals surface area contributed by atoms with E-state index in [0.29, 0.717) is 11.6 Å². The minimum absolute atomic E-state index is 0.0552. The Hall–Kier alpha value is -1.68. The first-order chi connectivity index (χ1) is 8.83. The van der Waals surface area contributed by atoms with Crippen molar-refractivity contribution >= 4 is 17.2 Å². The van der Waals surface area contributed by atoms with Crippen molar-refractivity contribution in [3.8, 4) is 10.6 Å². The monoisotopic (exact) mass is 258 g/mol. The first kappa shape index (κ1) is 11.4. The summed E-state index contributed by atoms with van der Waals surface area (Å²) in [5.41, 5.74) is 1.59. The van der Waals surface area contributed by atoms with Crippen LogP contribution in [0.15, 0.2) is 35.7 Å². The average Bonchev–Trinajstić information content (AvgIpc) is 3.11. The third-order valence-electron chi connectivity index (χ3n) is 3.01. The predicted octanol–water partition coefficient (Wildman–Crippen LogP) is 2.95. The first-order valence-corrected chi connectivity index (χ1v) is 7.00. The van der Waals surface area contributed by atoms with Crippen molar-refractivity contribution in [1.29, 1.82) is 0 Å². The van der Waals surface area contributed by atoms with Crippen LogP contribution in [0.5, 0.6) is 0 Å². The second kappa shape index (κ2) is 4.90. The van der Waals surface area contributed by atoms with Gasteiger partial charge in [-0.05, 0) is 18.8 Å². The molecule has 92 valence electrons. The van der Waals surface area contributed by atoms with Crippen LogP contribution in [-0.2, 0) is 0 Å². The van der Waals surface area contributed by atoms with E-state index in [2.05, 4.69) is 10.3 Å². The minimum atomic E-state index is -0.0552. The highest BCUT2D eigenvalue weighted by Crippen LogP contribution is 2.28. The number of rotatable bonds is 4. The van der Waals surface area contributed by atoms with E-state index < -0.39 is 0 Å². The van der Waals surface area contributed by atoms with E-state index in [4.69, 9.17) is 0 Å². The van der Waals surface area contributed by atoms with Crippen molar-refractivity contribution in [1.82, 2.24) is 10.3 Å². The zero-order valence-corrected chi connectivity index (χ0v) is 10.7. The number of benzene rings is 1. The standard InChI is InChI=1S/C14H14N2OS/c17-13(15-8-10-6-7-10)12-9-18-14(16-12)11-4-2-1-3-5-11/h1-5,9-10H,6-8H2,(H,15,17). The van der Waals surface area contributed by atoms with Gasteiger partial charge in [-0.25, -0.2) is 4.98 Å². The lowest BCUT2D eigenvalue weighted by atomic mass is 10.2. The van der Waals surface area contributed by atoms with Crippen LogP contribution < -0.4 is 5.32 Å². The fraction of sp³-hybridized carbons (Fsp3) is 0.286. The molecule has 1 aromatic carbocycles. The van der Waals surface area contributed by atoms with E-state index in [1.807, 2.05) is 35.7 Å². The van der Waals surface area contributed by atoms with Crippen LogP contribution in [0.2, 0.25) is 0 Å². The molecule has 0 saturated heterocycles. The molecular weight excluding hydrogens is 244 g/mol. The minimum Gasteiger partial charge on any atom is -0.350 e. The van der Waals surface area contributed by atoms with Crippen molar-refractivity contribution < 1.29 is 4.79 Å². The summed E-state index contributed by atoms with van der Waals surface area (Å²) in [6, 6.07) is 9.93. The van der Waals surface area contributed by atoms with E-state index in [0.717, 1.165) is 17.1 Å². The smallest absolute Gasteiger partial charge is 0.270 e. The van der Waals surface area contributed by atoms with Gasteiger partial charge in [0.2, 0.25) is 0 Å². The quantitative estimate of drug-likeness (QED) is 0.916. The average molecular weight is 258 g/mol. The number of thiazole rings is 1. The topological polar surface area (TPSA) is 42.0 Å². The number of nitrogens with zero attached hydrogens (tertiary/aromatic N) is 1. The van der Waals surface area contributed by atoms with Crippen LogP contribution >= 0.6 is 11.3 Å². The Kier molecular flexibility index (Phi) is 3.11. The van der Waals surface area contributed by atoms with Gasteiger partial charge < -0.3 is 5.32 Å². The summed E-state index contributed by atoms with van der Waals surface area (Å²) in [4.78, 5) is 16.2. The van der Waals surface area contributed by atoms with Gasteiger partial charge in [0.05, 0.1) is 0 Å². The lowest BCUT2D eigenvalue weighted by Crippen LogP contribution is -2.25. The van der Waals surface area contributed by atoms with Crippen molar-refractivity contribution in [2.75, 3.05) is 6.54 Å². The normalized spacial score (nSPS) is 14.4. The molecule has 0 bridgehead atoms. The molecule has 18 heavy (non-hydrogen) atoms. The van der Waals surface area contributed by atoms with Crippen molar-refractivity contribution in [2.45, 2.75) is 12.8 Å². The SMILES string of the molecule is O=C(NCC1CC1)c1csc(-c2ccccc2)n1. The van der Waals surface area contributed by atoms with Crippen LogP contribution in [0.1, 0.15) is 23.3 Å². The number of hydrogen-bond acceptors (Lipinski definition) is 3. The van der Waals surface area contributed by atoms with Gasteiger partial charge in [0.25, 0.3) is 5.91 Å². The Morgan fingerprint density at radius 1 is 1.33 bits per heavy atom. The number of carbonyl (C=O) groups excluding carboxylic acids is 1. The molecule has 0 atom stereocenters. The molecule has 3 nitrogen and oxygen atoms in total. The molecule has 0 unspecified atom stereocenters. The molecule has 3 rings (SSSR count). The second-order valence-corrected chi connectivity index (χ2v) is 5.42. The Bertz CT molecular complexity index is 546. The summed E-state index contributed by atoms with van der Waals surface area (Å²) in [6.07, 6.45) is 2.49. The van der Waals surface area contributed by atoms with Gasteiger partial charge >= 0.3 is 0 Å². The first-order valence-electron chi connectivity index (χ1n) is 6.12. The van der Waals surface area contributed by atoms with Crippen LogP contribution in [0.25, 0.3) is 10.6 Å². The summed E-state index contributed by atoms with van der Waals surface area (Å²) < 4.78 is 0. The molecule has 1 aromatic heterocycles. The van der Waals surface area contributed by atoms with Gasteiger partial charge in [-0.3, -0.25) is 4.79 Å². The molecule has 0 radical (unpaired) electrons. The third kappa shape index (κ3) is 2.59. The Labute approximate surface area is 110 Å². The van der Waals surface area contributed by atoms with E-state index in [1.165, 1.54) is 24.2 Å². The van der Waals surface area contributed by atoms with E-state index >= 15 is 0 Å². The lowest BCUT2D eigenvalue weighted by molar-refractivity contribution is 0.0947. The van der Waals surface area contributed by atoms with Gasteiger partial charge in [0, 0.05) is 17.5 Å². The summed E-state index contributed by atoms with van der Waals surface area (Å²) in [5.74, 6) is 0.640. The molecule has 4 heteroatoms. The summed E-state index contributed by atoms with van der Waals surface area (Å²) >= 11 is 1.51. The van der Waals surface area contributed by atoms with Crippen molar-refractivity contribution in [3.05, 3.63) is 41.4 Å². The van der Waals surface area contributed by atoms with Crippen LogP contribution in [0.3, 0.4) is 0 Å². The third-order valence-corrected chi connectivity index (χ3v) is 3.90. The van der Waals surface area contributed by atoms with Gasteiger partial charge in [-0.1, -0.05) is 30.3 Å². The van der Waals surface area contributed by atoms with Crippen molar-refractivity contribution in [3.63, 3.8) is 0 Å². The second-order valence-electron chi connectivity index (χ2n) is 4.56. The zero-order chi connectivity index (χ0) is 12.4. The fourth-order valence-corrected chi connectivity index (χ4v) is 2.55. The maximum atomic E-state index is 11.9. The number of carbonyl (C=O) groups is 1. The largest absolute Gasteiger partial charge is 0.350 e. The Morgan fingerprint density at radius 2 is 2.11 bits per heavy atom. The summed E-state index contributed by atoms with van der Waals surface area (Å²) in [7, 11) is 0. The van der Waals surface area contributed by atoms with Gasteiger partial charge in [-0.2, -0.15) is 0 Å². The summed E-state index contributed by atoms with van der Waals surface area (Å²) in [6.45, 7) is 0.789. The molecule has 1 aliphatic rings. The van der Waals surface area contributed by atoms with Crippen molar-refractivity contribution in [2.24, 2.45) is 5.92 Å². The highest BCUT2D eigenvalue weighted by molar-refractivity contribution is 7.13. The number of nitrogens with one attached hydrogen (secondary N) is 1. The molecule has 1 N–H and O–H groups in total. The summed E-state index contributed by atoms with van der Waals surface area (Å²) in [5, 5.41) is 5.65. The Balaban J connectivity index is 1.70. The molecular formula is C14H14N2OS. The fourth-order valence-electron chi connectivity index (χ4n) is 1.74. The van der Waals surface area contributed by atoms with Crippen LogP contribution in [-0.4, -0.2) is 17.4 Å². The highest BCUT2D eigenvalue weighted by Gasteiger charge is 2.22. The molecule has 1 amide bonds. The molecule has 1 aliphatic carbocycles. The van der Waals surface area contributed by atoms with Crippen LogP contribution in [0, 0.1) is 5.92 Å².